The molecule has 0 heterocycles. The summed E-state index contributed by atoms with van der Waals surface area (Å²) < 4.78 is 28.4. The number of aryl methyl sites for hydroxylation is 1. The van der Waals surface area contributed by atoms with Gasteiger partial charge in [0.05, 0.1) is 11.1 Å². The minimum atomic E-state index is -0.910. The molecule has 0 aliphatic carbocycles. The van der Waals surface area contributed by atoms with Crippen LogP contribution < -0.4 is 11.3 Å². The van der Waals surface area contributed by atoms with E-state index in [1.54, 1.807) is 18.2 Å². The van der Waals surface area contributed by atoms with Crippen LogP contribution in [-0.2, 0) is 0 Å². The highest BCUT2D eigenvalue weighted by Crippen LogP contribution is 2.30. The summed E-state index contributed by atoms with van der Waals surface area (Å²) in [6, 6.07) is 7.44. The Morgan fingerprint density at radius 1 is 1.20 bits per heavy atom. The third kappa shape index (κ3) is 2.86. The van der Waals surface area contributed by atoms with E-state index in [1.807, 2.05) is 0 Å². The number of nitrogens with two attached hydrogens (primary N) is 1. The Bertz CT molecular complexity index is 649. The van der Waals surface area contributed by atoms with E-state index in [-0.39, 0.29) is 11.1 Å². The summed E-state index contributed by atoms with van der Waals surface area (Å²) >= 11 is 9.29. The van der Waals surface area contributed by atoms with Crippen LogP contribution >= 0.6 is 27.5 Å². The molecule has 0 bridgehead atoms. The maximum Gasteiger partial charge on any atom is 0.164 e. The molecule has 0 saturated heterocycles. The zero-order valence-corrected chi connectivity index (χ0v) is 12.9. The fourth-order valence-electron chi connectivity index (χ4n) is 1.94. The van der Waals surface area contributed by atoms with Crippen molar-refractivity contribution < 1.29 is 8.78 Å². The molecule has 2 aromatic carbocycles. The van der Waals surface area contributed by atoms with Gasteiger partial charge in [-0.05, 0) is 46.1 Å². The summed E-state index contributed by atoms with van der Waals surface area (Å²) in [5, 5.41) is 0.468. The van der Waals surface area contributed by atoms with Gasteiger partial charge in [-0.25, -0.2) is 14.2 Å². The Labute approximate surface area is 129 Å². The van der Waals surface area contributed by atoms with Crippen LogP contribution in [0.15, 0.2) is 34.8 Å². The van der Waals surface area contributed by atoms with Crippen molar-refractivity contribution in [3.8, 4) is 0 Å². The van der Waals surface area contributed by atoms with E-state index in [9.17, 15) is 8.78 Å². The number of halogens is 4. The second kappa shape index (κ2) is 6.18. The van der Waals surface area contributed by atoms with E-state index >= 15 is 0 Å². The Morgan fingerprint density at radius 2 is 1.90 bits per heavy atom. The average Bonchev–Trinajstić information content (AvgIpc) is 2.43. The largest absolute Gasteiger partial charge is 0.271 e. The third-order valence-electron chi connectivity index (χ3n) is 3.06. The number of hydrogen-bond donors (Lipinski definition) is 2. The summed E-state index contributed by atoms with van der Waals surface area (Å²) in [7, 11) is 0. The zero-order valence-electron chi connectivity index (χ0n) is 10.6. The Hall–Kier alpha value is -1.01. The van der Waals surface area contributed by atoms with E-state index in [0.717, 1.165) is 0 Å². The molecular weight excluding hydrogens is 350 g/mol. The van der Waals surface area contributed by atoms with Crippen molar-refractivity contribution in [2.75, 3.05) is 0 Å². The molecule has 0 radical (unpaired) electrons. The number of hydrazine groups is 1. The quantitative estimate of drug-likeness (QED) is 0.634. The normalized spacial score (nSPS) is 12.5. The van der Waals surface area contributed by atoms with Crippen molar-refractivity contribution in [1.82, 2.24) is 5.43 Å². The lowest BCUT2D eigenvalue weighted by atomic mass is 9.97. The van der Waals surface area contributed by atoms with Gasteiger partial charge in [-0.1, -0.05) is 29.8 Å². The second-order valence-corrected chi connectivity index (χ2v) is 5.63. The molecule has 2 nitrogen and oxygen atoms in total. The van der Waals surface area contributed by atoms with Crippen LogP contribution in [0, 0.1) is 18.6 Å². The Morgan fingerprint density at radius 3 is 2.50 bits per heavy atom. The molecule has 0 aromatic heterocycles. The molecule has 3 N–H and O–H groups in total. The minimum absolute atomic E-state index is 0.133. The van der Waals surface area contributed by atoms with Crippen LogP contribution in [-0.4, -0.2) is 0 Å². The summed E-state index contributed by atoms with van der Waals surface area (Å²) in [6.45, 7) is 1.50. The van der Waals surface area contributed by atoms with E-state index in [1.165, 1.54) is 19.1 Å². The predicted molar refractivity (Wildman–Crippen MR) is 79.4 cm³/mol. The predicted octanol–water partition coefficient (Wildman–Crippen LogP) is 4.24. The lowest BCUT2D eigenvalue weighted by molar-refractivity contribution is 0.478. The van der Waals surface area contributed by atoms with Gasteiger partial charge < -0.3 is 0 Å². The highest BCUT2D eigenvalue weighted by atomic mass is 79.9. The van der Waals surface area contributed by atoms with Gasteiger partial charge >= 0.3 is 0 Å². The molecule has 0 aliphatic heterocycles. The molecular formula is C14H12BrClF2N2. The van der Waals surface area contributed by atoms with Crippen molar-refractivity contribution in [3.63, 3.8) is 0 Å². The highest BCUT2D eigenvalue weighted by molar-refractivity contribution is 9.10. The fraction of sp³-hybridized carbons (Fsp3) is 0.143. The van der Waals surface area contributed by atoms with E-state index in [4.69, 9.17) is 17.4 Å². The van der Waals surface area contributed by atoms with Crippen LogP contribution in [0.3, 0.4) is 0 Å². The lowest BCUT2D eigenvalue weighted by Gasteiger charge is -2.19. The minimum Gasteiger partial charge on any atom is -0.271 e. The standard InChI is InChI=1S/C14H12BrClF2N2/c1-7-2-4-9(13(18)12(7)17)14(20-19)8-3-5-10(15)11(16)6-8/h2-6,14,20H,19H2,1H3. The summed E-state index contributed by atoms with van der Waals surface area (Å²) in [4.78, 5) is 0. The third-order valence-corrected chi connectivity index (χ3v) is 4.29. The molecule has 106 valence electrons. The first kappa shape index (κ1) is 15.4. The molecule has 2 aromatic rings. The molecule has 0 saturated carbocycles. The van der Waals surface area contributed by atoms with Gasteiger partial charge in [0.1, 0.15) is 0 Å². The molecule has 0 aliphatic rings. The maximum absolute atomic E-state index is 14.1. The van der Waals surface area contributed by atoms with Gasteiger partial charge in [-0.2, -0.15) is 0 Å². The average molecular weight is 362 g/mol. The monoisotopic (exact) mass is 360 g/mol. The summed E-state index contributed by atoms with van der Waals surface area (Å²) in [5.74, 6) is 3.71. The van der Waals surface area contributed by atoms with Crippen LogP contribution in [0.1, 0.15) is 22.7 Å². The number of benzene rings is 2. The van der Waals surface area contributed by atoms with E-state index in [0.29, 0.717) is 15.1 Å². The molecule has 20 heavy (non-hydrogen) atoms. The first-order chi connectivity index (χ1) is 9.45. The summed E-state index contributed by atoms with van der Waals surface area (Å²) in [5.41, 5.74) is 3.51. The maximum atomic E-state index is 14.1. The van der Waals surface area contributed by atoms with Crippen LogP contribution in [0.25, 0.3) is 0 Å². The molecule has 1 unspecified atom stereocenters. The van der Waals surface area contributed by atoms with E-state index in [2.05, 4.69) is 21.4 Å². The van der Waals surface area contributed by atoms with Gasteiger partial charge in [0.2, 0.25) is 0 Å². The van der Waals surface area contributed by atoms with E-state index < -0.39 is 17.7 Å². The van der Waals surface area contributed by atoms with Crippen molar-refractivity contribution in [2.24, 2.45) is 5.84 Å². The molecule has 0 amide bonds. The van der Waals surface area contributed by atoms with Crippen LogP contribution in [0.4, 0.5) is 8.78 Å². The molecule has 0 spiro atoms. The number of hydrogen-bond acceptors (Lipinski definition) is 2. The topological polar surface area (TPSA) is 38.0 Å². The number of nitrogens with one attached hydrogen (secondary N) is 1. The fourth-order valence-corrected chi connectivity index (χ4v) is 2.38. The van der Waals surface area contributed by atoms with Gasteiger partial charge in [0.15, 0.2) is 11.6 Å². The smallest absolute Gasteiger partial charge is 0.164 e. The van der Waals surface area contributed by atoms with Gasteiger partial charge in [-0.15, -0.1) is 0 Å². The molecule has 6 heteroatoms. The highest BCUT2D eigenvalue weighted by Gasteiger charge is 2.20. The zero-order chi connectivity index (χ0) is 14.9. The molecule has 0 fully saturated rings. The van der Waals surface area contributed by atoms with Crippen molar-refractivity contribution >= 4 is 27.5 Å². The molecule has 2 rings (SSSR count). The Kier molecular flexibility index (Phi) is 4.75. The van der Waals surface area contributed by atoms with Crippen LogP contribution in [0.5, 0.6) is 0 Å². The lowest BCUT2D eigenvalue weighted by Crippen LogP contribution is -2.29. The number of rotatable bonds is 3. The molecule has 1 atom stereocenters. The van der Waals surface area contributed by atoms with Crippen molar-refractivity contribution in [3.05, 3.63) is 68.2 Å². The Balaban J connectivity index is 2.52. The first-order valence-corrected chi connectivity index (χ1v) is 6.98. The SMILES string of the molecule is Cc1ccc(C(NN)c2ccc(Br)c(Cl)c2)c(F)c1F. The van der Waals surface area contributed by atoms with Gasteiger partial charge in [0, 0.05) is 10.0 Å². The van der Waals surface area contributed by atoms with Gasteiger partial charge in [-0.3, -0.25) is 5.84 Å². The summed E-state index contributed by atoms with van der Waals surface area (Å²) in [6.07, 6.45) is 0. The van der Waals surface area contributed by atoms with Gasteiger partial charge in [0.25, 0.3) is 0 Å². The second-order valence-electron chi connectivity index (χ2n) is 4.37. The van der Waals surface area contributed by atoms with Crippen molar-refractivity contribution in [1.29, 1.82) is 0 Å². The van der Waals surface area contributed by atoms with Crippen molar-refractivity contribution in [2.45, 2.75) is 13.0 Å². The first-order valence-electron chi connectivity index (χ1n) is 5.81. The van der Waals surface area contributed by atoms with Crippen LogP contribution in [0.2, 0.25) is 5.02 Å².